The smallest absolute Gasteiger partial charge is 0.340 e. The van der Waals surface area contributed by atoms with Crippen molar-refractivity contribution in [2.45, 2.75) is 26.3 Å². The molecule has 1 atom stereocenters. The molecule has 7 nitrogen and oxygen atoms in total. The first-order valence-electron chi connectivity index (χ1n) is 10.4. The molecule has 0 radical (unpaired) electrons. The number of hydrogen-bond acceptors (Lipinski definition) is 7. The molecule has 0 saturated heterocycles. The molecule has 0 bridgehead atoms. The van der Waals surface area contributed by atoms with Gasteiger partial charge in [0.1, 0.15) is 17.3 Å². The predicted octanol–water partition coefficient (Wildman–Crippen LogP) is 3.87. The quantitative estimate of drug-likeness (QED) is 0.529. The second-order valence-electron chi connectivity index (χ2n) is 8.47. The number of ether oxygens (including phenoxy) is 3. The van der Waals surface area contributed by atoms with Crippen LogP contribution in [0.15, 0.2) is 77.7 Å². The maximum atomic E-state index is 13.7. The van der Waals surface area contributed by atoms with Crippen molar-refractivity contribution in [3.05, 3.63) is 88.8 Å². The Labute approximate surface area is 193 Å². The highest BCUT2D eigenvalue weighted by atomic mass is 16.5. The van der Waals surface area contributed by atoms with E-state index < -0.39 is 29.2 Å². The van der Waals surface area contributed by atoms with Crippen LogP contribution in [-0.4, -0.2) is 37.5 Å². The summed E-state index contributed by atoms with van der Waals surface area (Å²) in [7, 11) is 2.41. The van der Waals surface area contributed by atoms with Gasteiger partial charge in [-0.25, -0.2) is 4.79 Å². The van der Waals surface area contributed by atoms with Crippen LogP contribution in [0.1, 0.15) is 36.7 Å². The van der Waals surface area contributed by atoms with Crippen molar-refractivity contribution >= 4 is 23.5 Å². The lowest BCUT2D eigenvalue weighted by Gasteiger charge is -2.33. The van der Waals surface area contributed by atoms with Gasteiger partial charge in [-0.1, -0.05) is 60.7 Å². The van der Waals surface area contributed by atoms with Gasteiger partial charge < -0.3 is 19.5 Å². The van der Waals surface area contributed by atoms with Crippen LogP contribution in [0.25, 0.3) is 5.76 Å². The van der Waals surface area contributed by atoms with Crippen LogP contribution in [0.5, 0.6) is 0 Å². The maximum absolute atomic E-state index is 13.7. The zero-order valence-corrected chi connectivity index (χ0v) is 19.3. The standard InChI is InChI=1S/C26H27NO6/c1-26(2,3)27-23-20(25(30)32-5)18(24(29)31-4)19(21(28)16-12-8-6-9-13-16)22(33-23)17-14-10-7-11-15-17/h6-15,18,27H,1-5H3/t18-/m1/s1. The summed E-state index contributed by atoms with van der Waals surface area (Å²) < 4.78 is 16.2. The highest BCUT2D eigenvalue weighted by molar-refractivity contribution is 6.18. The van der Waals surface area contributed by atoms with E-state index >= 15 is 0 Å². The lowest BCUT2D eigenvalue weighted by Crippen LogP contribution is -2.42. The topological polar surface area (TPSA) is 90.9 Å². The average Bonchev–Trinajstić information content (AvgIpc) is 2.82. The number of esters is 2. The van der Waals surface area contributed by atoms with E-state index in [-0.39, 0.29) is 22.8 Å². The molecular formula is C26H27NO6. The average molecular weight is 450 g/mol. The van der Waals surface area contributed by atoms with Gasteiger partial charge in [-0.3, -0.25) is 9.59 Å². The molecule has 0 aromatic heterocycles. The molecule has 1 heterocycles. The van der Waals surface area contributed by atoms with E-state index in [0.29, 0.717) is 11.1 Å². The molecule has 0 amide bonds. The lowest BCUT2D eigenvalue weighted by atomic mass is 9.82. The van der Waals surface area contributed by atoms with Crippen molar-refractivity contribution in [3.8, 4) is 0 Å². The van der Waals surface area contributed by atoms with E-state index in [9.17, 15) is 14.4 Å². The fourth-order valence-electron chi connectivity index (χ4n) is 3.51. The Morgan fingerprint density at radius 2 is 1.42 bits per heavy atom. The zero-order valence-electron chi connectivity index (χ0n) is 19.3. The van der Waals surface area contributed by atoms with Gasteiger partial charge in [0.25, 0.3) is 0 Å². The van der Waals surface area contributed by atoms with Crippen molar-refractivity contribution in [1.29, 1.82) is 0 Å². The Kier molecular flexibility index (Phi) is 7.01. The van der Waals surface area contributed by atoms with E-state index in [2.05, 4.69) is 5.32 Å². The predicted molar refractivity (Wildman–Crippen MR) is 123 cm³/mol. The summed E-state index contributed by atoms with van der Waals surface area (Å²) in [6, 6.07) is 17.4. The summed E-state index contributed by atoms with van der Waals surface area (Å²) in [6.45, 7) is 5.63. The molecule has 1 aliphatic heterocycles. The fraction of sp³-hybridized carbons (Fsp3) is 0.269. The van der Waals surface area contributed by atoms with Gasteiger partial charge in [0.05, 0.1) is 19.8 Å². The normalized spacial score (nSPS) is 16.1. The van der Waals surface area contributed by atoms with Gasteiger partial charge >= 0.3 is 11.9 Å². The number of carbonyl (C=O) groups is 3. The highest BCUT2D eigenvalue weighted by Crippen LogP contribution is 2.40. The fourth-order valence-corrected chi connectivity index (χ4v) is 3.51. The molecular weight excluding hydrogens is 422 g/mol. The summed E-state index contributed by atoms with van der Waals surface area (Å²) in [4.78, 5) is 39.7. The van der Waals surface area contributed by atoms with Gasteiger partial charge in [0.2, 0.25) is 5.88 Å². The number of carbonyl (C=O) groups excluding carboxylic acids is 3. The van der Waals surface area contributed by atoms with Gasteiger partial charge in [-0.15, -0.1) is 0 Å². The minimum Gasteiger partial charge on any atom is -0.468 e. The van der Waals surface area contributed by atoms with Crippen LogP contribution >= 0.6 is 0 Å². The molecule has 1 N–H and O–H groups in total. The Balaban J connectivity index is 2.34. The minimum atomic E-state index is -1.36. The summed E-state index contributed by atoms with van der Waals surface area (Å²) in [5.41, 5.74) is 0.257. The molecule has 2 aromatic carbocycles. The van der Waals surface area contributed by atoms with Crippen molar-refractivity contribution < 1.29 is 28.6 Å². The third-order valence-electron chi connectivity index (χ3n) is 4.92. The third-order valence-corrected chi connectivity index (χ3v) is 4.92. The maximum Gasteiger partial charge on any atom is 0.340 e. The minimum absolute atomic E-state index is 0.000825. The Morgan fingerprint density at radius 3 is 1.94 bits per heavy atom. The van der Waals surface area contributed by atoms with Crippen molar-refractivity contribution in [2.75, 3.05) is 14.2 Å². The molecule has 0 fully saturated rings. The van der Waals surface area contributed by atoms with Crippen LogP contribution in [-0.2, 0) is 23.8 Å². The van der Waals surface area contributed by atoms with Gasteiger partial charge in [0, 0.05) is 16.7 Å². The summed E-state index contributed by atoms with van der Waals surface area (Å²) in [5.74, 6) is -3.19. The molecule has 1 aliphatic rings. The number of methoxy groups -OCH3 is 2. The second-order valence-corrected chi connectivity index (χ2v) is 8.47. The van der Waals surface area contributed by atoms with E-state index in [1.165, 1.54) is 14.2 Å². The monoisotopic (exact) mass is 449 g/mol. The number of rotatable bonds is 6. The Morgan fingerprint density at radius 1 is 0.848 bits per heavy atom. The number of ketones is 1. The van der Waals surface area contributed by atoms with Crippen LogP contribution in [0.4, 0.5) is 0 Å². The molecule has 33 heavy (non-hydrogen) atoms. The number of hydrogen-bond donors (Lipinski definition) is 1. The molecule has 0 aliphatic carbocycles. The van der Waals surface area contributed by atoms with Crippen molar-refractivity contribution in [3.63, 3.8) is 0 Å². The number of nitrogens with one attached hydrogen (secondary N) is 1. The largest absolute Gasteiger partial charge is 0.468 e. The highest BCUT2D eigenvalue weighted by Gasteiger charge is 2.45. The van der Waals surface area contributed by atoms with E-state index in [1.807, 2.05) is 26.8 Å². The van der Waals surface area contributed by atoms with Crippen LogP contribution in [0.2, 0.25) is 0 Å². The SMILES string of the molecule is COC(=O)C1=C(NC(C)(C)C)OC(c2ccccc2)=C(C(=O)c2ccccc2)[C@H]1C(=O)OC. The van der Waals surface area contributed by atoms with E-state index in [1.54, 1.807) is 54.6 Å². The molecule has 2 aromatic rings. The van der Waals surface area contributed by atoms with Gasteiger partial charge in [-0.2, -0.15) is 0 Å². The van der Waals surface area contributed by atoms with Crippen LogP contribution in [0.3, 0.4) is 0 Å². The van der Waals surface area contributed by atoms with Crippen molar-refractivity contribution in [2.24, 2.45) is 5.92 Å². The molecule has 0 saturated carbocycles. The van der Waals surface area contributed by atoms with E-state index in [4.69, 9.17) is 14.2 Å². The van der Waals surface area contributed by atoms with Gasteiger partial charge in [-0.05, 0) is 20.8 Å². The molecule has 172 valence electrons. The molecule has 7 heteroatoms. The van der Waals surface area contributed by atoms with E-state index in [0.717, 1.165) is 0 Å². The van der Waals surface area contributed by atoms with Crippen molar-refractivity contribution in [1.82, 2.24) is 5.32 Å². The first-order valence-corrected chi connectivity index (χ1v) is 10.4. The zero-order chi connectivity index (χ0) is 24.2. The lowest BCUT2D eigenvalue weighted by molar-refractivity contribution is -0.146. The Bertz CT molecular complexity index is 1110. The molecule has 0 spiro atoms. The summed E-state index contributed by atoms with van der Waals surface area (Å²) in [6.07, 6.45) is 0. The third kappa shape index (κ3) is 5.14. The van der Waals surface area contributed by atoms with Gasteiger partial charge in [0.15, 0.2) is 5.78 Å². The van der Waals surface area contributed by atoms with Crippen LogP contribution < -0.4 is 5.32 Å². The summed E-state index contributed by atoms with van der Waals surface area (Å²) >= 11 is 0. The molecule has 3 rings (SSSR count). The molecule has 0 unspecified atom stereocenters. The number of benzene rings is 2. The first-order chi connectivity index (χ1) is 15.7. The number of Topliss-reactive ketones (excluding diaryl/α,β-unsaturated/α-hetero) is 1. The second kappa shape index (κ2) is 9.73. The summed E-state index contributed by atoms with van der Waals surface area (Å²) in [5, 5.41) is 3.13. The van der Waals surface area contributed by atoms with Crippen LogP contribution in [0, 0.1) is 5.92 Å². The first kappa shape index (κ1) is 23.8. The Hall–Kier alpha value is -3.87.